The van der Waals surface area contributed by atoms with Crippen LogP contribution in [-0.2, 0) is 4.79 Å². The normalized spacial score (nSPS) is 13.1. The Kier molecular flexibility index (Phi) is 5.27. The highest BCUT2D eigenvalue weighted by Gasteiger charge is 2.01. The van der Waals surface area contributed by atoms with Crippen LogP contribution in [-0.4, -0.2) is 5.78 Å². The summed E-state index contributed by atoms with van der Waals surface area (Å²) in [6, 6.07) is 0. The quantitative estimate of drug-likeness (QED) is 0.575. The van der Waals surface area contributed by atoms with Crippen molar-refractivity contribution < 1.29 is 4.79 Å². The number of carbonyl (C=O) groups is 1. The second-order valence-electron chi connectivity index (χ2n) is 2.97. The van der Waals surface area contributed by atoms with Gasteiger partial charge in [-0.1, -0.05) is 26.7 Å². The van der Waals surface area contributed by atoms with Crippen LogP contribution < -0.4 is 0 Å². The number of Topliss-reactive ketones (excluding diaryl/α,β-unsaturated/α-hetero) is 1. The molecule has 1 unspecified atom stereocenters. The van der Waals surface area contributed by atoms with Crippen LogP contribution >= 0.6 is 0 Å². The predicted octanol–water partition coefficient (Wildman–Crippen LogP) is 2.61. The van der Waals surface area contributed by atoms with Crippen LogP contribution in [0.25, 0.3) is 0 Å². The monoisotopic (exact) mass is 141 g/mol. The molecule has 0 aliphatic carbocycles. The number of hydrogen-bond donors (Lipinski definition) is 0. The Morgan fingerprint density at radius 1 is 1.50 bits per heavy atom. The zero-order valence-corrected chi connectivity index (χ0v) is 7.02. The fraction of sp³-hybridized carbons (Fsp3) is 0.778. The van der Waals surface area contributed by atoms with E-state index in [4.69, 9.17) is 0 Å². The van der Waals surface area contributed by atoms with E-state index >= 15 is 0 Å². The molecule has 1 radical (unpaired) electrons. The van der Waals surface area contributed by atoms with Gasteiger partial charge in [0.1, 0.15) is 5.78 Å². The lowest BCUT2D eigenvalue weighted by molar-refractivity contribution is -0.115. The average Bonchev–Trinajstić information content (AvgIpc) is 1.85. The fourth-order valence-corrected chi connectivity index (χ4v) is 1.04. The van der Waals surface area contributed by atoms with Crippen LogP contribution in [0.1, 0.15) is 39.5 Å². The van der Waals surface area contributed by atoms with Crippen molar-refractivity contribution in [2.45, 2.75) is 39.5 Å². The van der Waals surface area contributed by atoms with Crippen molar-refractivity contribution in [3.8, 4) is 0 Å². The Balaban J connectivity index is 3.21. The minimum Gasteiger partial charge on any atom is -0.300 e. The summed E-state index contributed by atoms with van der Waals surface area (Å²) < 4.78 is 0. The molecule has 0 rings (SSSR count). The van der Waals surface area contributed by atoms with E-state index in [2.05, 4.69) is 20.8 Å². The van der Waals surface area contributed by atoms with E-state index in [0.717, 1.165) is 6.42 Å². The van der Waals surface area contributed by atoms with Crippen molar-refractivity contribution in [3.63, 3.8) is 0 Å². The van der Waals surface area contributed by atoms with Gasteiger partial charge in [0.05, 0.1) is 0 Å². The molecule has 0 fully saturated rings. The zero-order valence-electron chi connectivity index (χ0n) is 7.02. The molecule has 0 saturated carbocycles. The summed E-state index contributed by atoms with van der Waals surface area (Å²) in [7, 11) is 0. The van der Waals surface area contributed by atoms with Crippen molar-refractivity contribution >= 4 is 5.78 Å². The van der Waals surface area contributed by atoms with E-state index in [9.17, 15) is 4.79 Å². The van der Waals surface area contributed by atoms with Crippen molar-refractivity contribution in [1.29, 1.82) is 0 Å². The lowest BCUT2D eigenvalue weighted by Gasteiger charge is -2.06. The molecule has 10 heavy (non-hydrogen) atoms. The van der Waals surface area contributed by atoms with Crippen molar-refractivity contribution in [1.82, 2.24) is 0 Å². The first kappa shape index (κ1) is 9.67. The van der Waals surface area contributed by atoms with Gasteiger partial charge in [-0.3, -0.25) is 4.79 Å². The molecule has 1 heteroatoms. The van der Waals surface area contributed by atoms with Gasteiger partial charge in [0.15, 0.2) is 0 Å². The summed E-state index contributed by atoms with van der Waals surface area (Å²) in [5, 5.41) is 0. The first-order chi connectivity index (χ1) is 4.66. The molecule has 0 bridgehead atoms. The number of ketones is 1. The largest absolute Gasteiger partial charge is 0.300 e. The van der Waals surface area contributed by atoms with Crippen molar-refractivity contribution in [2.75, 3.05) is 0 Å². The Morgan fingerprint density at radius 3 is 2.50 bits per heavy atom. The van der Waals surface area contributed by atoms with E-state index < -0.39 is 0 Å². The molecule has 1 nitrogen and oxygen atoms in total. The van der Waals surface area contributed by atoms with Gasteiger partial charge in [-0.25, -0.2) is 0 Å². The molecule has 0 saturated heterocycles. The van der Waals surface area contributed by atoms with E-state index in [1.54, 1.807) is 0 Å². The lowest BCUT2D eigenvalue weighted by Crippen LogP contribution is -1.98. The van der Waals surface area contributed by atoms with Crippen LogP contribution in [0.4, 0.5) is 0 Å². The summed E-state index contributed by atoms with van der Waals surface area (Å²) in [6.07, 6.45) is 4.11. The molecule has 1 atom stereocenters. The number of carbonyl (C=O) groups excluding carboxylic acids is 1. The summed E-state index contributed by atoms with van der Waals surface area (Å²) in [6.45, 7) is 7.69. The highest BCUT2D eigenvalue weighted by molar-refractivity contribution is 5.82. The second kappa shape index (κ2) is 5.45. The molecular formula is C9H17O. The van der Waals surface area contributed by atoms with Gasteiger partial charge in [-0.2, -0.15) is 0 Å². The molecule has 0 aliphatic rings. The van der Waals surface area contributed by atoms with Crippen LogP contribution in [0.3, 0.4) is 0 Å². The summed E-state index contributed by atoms with van der Waals surface area (Å²) in [5.41, 5.74) is 0. The Bertz CT molecular complexity index is 96.9. The van der Waals surface area contributed by atoms with Gasteiger partial charge >= 0.3 is 0 Å². The third-order valence-electron chi connectivity index (χ3n) is 1.70. The minimum absolute atomic E-state index is 0.0722. The third-order valence-corrected chi connectivity index (χ3v) is 1.70. The van der Waals surface area contributed by atoms with Crippen LogP contribution in [0.2, 0.25) is 0 Å². The first-order valence-corrected chi connectivity index (χ1v) is 4.01. The molecular weight excluding hydrogens is 124 g/mol. The van der Waals surface area contributed by atoms with E-state index in [-0.39, 0.29) is 5.78 Å². The highest BCUT2D eigenvalue weighted by Crippen LogP contribution is 2.11. The third kappa shape index (κ3) is 5.80. The maximum Gasteiger partial charge on any atom is 0.133 e. The van der Waals surface area contributed by atoms with E-state index in [1.807, 2.05) is 0 Å². The minimum atomic E-state index is 0.0722. The van der Waals surface area contributed by atoms with Crippen molar-refractivity contribution in [2.24, 2.45) is 5.92 Å². The van der Waals surface area contributed by atoms with Gasteiger partial charge in [0.25, 0.3) is 0 Å². The Hall–Kier alpha value is -0.330. The molecule has 0 aromatic heterocycles. The topological polar surface area (TPSA) is 17.1 Å². The van der Waals surface area contributed by atoms with E-state index in [1.165, 1.54) is 12.8 Å². The summed E-state index contributed by atoms with van der Waals surface area (Å²) in [4.78, 5) is 10.4. The second-order valence-corrected chi connectivity index (χ2v) is 2.97. The Morgan fingerprint density at radius 2 is 2.10 bits per heavy atom. The number of rotatable bonds is 5. The zero-order chi connectivity index (χ0) is 7.98. The van der Waals surface area contributed by atoms with Gasteiger partial charge in [0, 0.05) is 13.3 Å². The van der Waals surface area contributed by atoms with Crippen LogP contribution in [0.5, 0.6) is 0 Å². The van der Waals surface area contributed by atoms with Gasteiger partial charge in [0.2, 0.25) is 0 Å². The maximum absolute atomic E-state index is 10.4. The molecule has 0 aliphatic heterocycles. The Labute approximate surface area is 63.8 Å². The smallest absolute Gasteiger partial charge is 0.133 e. The van der Waals surface area contributed by atoms with Crippen LogP contribution in [0.15, 0.2) is 0 Å². The first-order valence-electron chi connectivity index (χ1n) is 4.01. The molecule has 0 heterocycles. The van der Waals surface area contributed by atoms with Gasteiger partial charge in [-0.15, -0.1) is 0 Å². The van der Waals surface area contributed by atoms with Crippen LogP contribution in [0, 0.1) is 12.8 Å². The molecule has 59 valence electrons. The van der Waals surface area contributed by atoms with Gasteiger partial charge < -0.3 is 0 Å². The van der Waals surface area contributed by atoms with E-state index in [0.29, 0.717) is 12.3 Å². The molecule has 0 aromatic rings. The predicted molar refractivity (Wildman–Crippen MR) is 43.7 cm³/mol. The maximum atomic E-state index is 10.4. The molecule has 0 aromatic carbocycles. The number of hydrogen-bond acceptors (Lipinski definition) is 1. The molecule has 0 N–H and O–H groups in total. The van der Waals surface area contributed by atoms with Crippen molar-refractivity contribution in [3.05, 3.63) is 6.92 Å². The average molecular weight is 141 g/mol. The summed E-state index contributed by atoms with van der Waals surface area (Å²) in [5.74, 6) is 0.763. The summed E-state index contributed by atoms with van der Waals surface area (Å²) >= 11 is 0. The van der Waals surface area contributed by atoms with Gasteiger partial charge in [-0.05, 0) is 12.3 Å². The SMILES string of the molecule is [CH2]C(=O)CCC(C)CCC. The standard InChI is InChI=1S/C9H17O/c1-4-5-8(2)6-7-9(3)10/h8H,3-7H2,1-2H3. The molecule has 0 amide bonds. The molecule has 0 spiro atoms. The highest BCUT2D eigenvalue weighted by atomic mass is 16.1. The fourth-order valence-electron chi connectivity index (χ4n) is 1.04. The lowest BCUT2D eigenvalue weighted by atomic mass is 9.99.